The molecule has 1 aliphatic carbocycles. The van der Waals surface area contributed by atoms with Crippen molar-refractivity contribution in [2.24, 2.45) is 17.6 Å². The zero-order valence-corrected chi connectivity index (χ0v) is 12.0. The van der Waals surface area contributed by atoms with E-state index in [2.05, 4.69) is 6.92 Å². The minimum absolute atomic E-state index is 0.0927. The first-order valence-electron chi connectivity index (χ1n) is 7.29. The molecule has 2 rings (SSSR count). The van der Waals surface area contributed by atoms with Crippen molar-refractivity contribution in [1.82, 2.24) is 9.80 Å². The molecule has 2 aliphatic rings. The average molecular weight is 267 g/mol. The molecule has 0 aromatic carbocycles. The van der Waals surface area contributed by atoms with Gasteiger partial charge < -0.3 is 15.5 Å². The topological polar surface area (TPSA) is 66.6 Å². The number of hydrogen-bond donors (Lipinski definition) is 1. The highest BCUT2D eigenvalue weighted by Gasteiger charge is 2.33. The Morgan fingerprint density at radius 2 is 1.63 bits per heavy atom. The molecule has 0 spiro atoms. The number of carbonyl (C=O) groups is 2. The van der Waals surface area contributed by atoms with E-state index in [0.29, 0.717) is 32.1 Å². The second-order valence-electron chi connectivity index (χ2n) is 5.98. The zero-order valence-electron chi connectivity index (χ0n) is 12.0. The van der Waals surface area contributed by atoms with E-state index in [1.165, 1.54) is 0 Å². The summed E-state index contributed by atoms with van der Waals surface area (Å²) in [6.07, 6.45) is 2.82. The van der Waals surface area contributed by atoms with Crippen molar-refractivity contribution in [2.45, 2.75) is 39.2 Å². The van der Waals surface area contributed by atoms with Gasteiger partial charge in [-0.2, -0.15) is 0 Å². The van der Waals surface area contributed by atoms with Crippen LogP contribution in [0.1, 0.15) is 33.1 Å². The average Bonchev–Trinajstić information content (AvgIpc) is 2.41. The van der Waals surface area contributed by atoms with Gasteiger partial charge in [0.2, 0.25) is 11.8 Å². The summed E-state index contributed by atoms with van der Waals surface area (Å²) in [7, 11) is 0. The van der Waals surface area contributed by atoms with Gasteiger partial charge in [-0.15, -0.1) is 0 Å². The molecular formula is C14H25N3O2. The van der Waals surface area contributed by atoms with E-state index in [0.717, 1.165) is 19.3 Å². The summed E-state index contributed by atoms with van der Waals surface area (Å²) < 4.78 is 0. The van der Waals surface area contributed by atoms with Crippen LogP contribution in [0, 0.1) is 11.8 Å². The van der Waals surface area contributed by atoms with Crippen LogP contribution in [0.15, 0.2) is 0 Å². The summed E-state index contributed by atoms with van der Waals surface area (Å²) in [6.45, 7) is 6.40. The first kappa shape index (κ1) is 14.3. The lowest BCUT2D eigenvalue weighted by Gasteiger charge is -2.38. The Bertz CT molecular complexity index is 351. The van der Waals surface area contributed by atoms with Crippen molar-refractivity contribution in [3.63, 3.8) is 0 Å². The Kier molecular flexibility index (Phi) is 4.45. The molecule has 5 nitrogen and oxygen atoms in total. The summed E-state index contributed by atoms with van der Waals surface area (Å²) >= 11 is 0. The summed E-state index contributed by atoms with van der Waals surface area (Å²) in [5.41, 5.74) is 6.07. The van der Waals surface area contributed by atoms with E-state index in [-0.39, 0.29) is 23.8 Å². The van der Waals surface area contributed by atoms with Gasteiger partial charge in [-0.1, -0.05) is 6.92 Å². The number of rotatable bonds is 1. The molecule has 3 unspecified atom stereocenters. The molecule has 2 N–H and O–H groups in total. The van der Waals surface area contributed by atoms with E-state index < -0.39 is 0 Å². The maximum Gasteiger partial charge on any atom is 0.225 e. The number of nitrogens with zero attached hydrogens (tertiary/aromatic N) is 2. The number of nitrogens with two attached hydrogens (primary N) is 1. The van der Waals surface area contributed by atoms with Gasteiger partial charge in [0.25, 0.3) is 0 Å². The molecule has 0 aromatic rings. The minimum Gasteiger partial charge on any atom is -0.339 e. The van der Waals surface area contributed by atoms with Gasteiger partial charge >= 0.3 is 0 Å². The van der Waals surface area contributed by atoms with Gasteiger partial charge in [0, 0.05) is 45.1 Å². The second kappa shape index (κ2) is 5.90. The Labute approximate surface area is 115 Å². The van der Waals surface area contributed by atoms with Crippen LogP contribution in [0.5, 0.6) is 0 Å². The van der Waals surface area contributed by atoms with Crippen molar-refractivity contribution in [3.8, 4) is 0 Å². The summed E-state index contributed by atoms with van der Waals surface area (Å²) in [5, 5.41) is 0. The lowest BCUT2D eigenvalue weighted by Crippen LogP contribution is -2.52. The summed E-state index contributed by atoms with van der Waals surface area (Å²) in [5.74, 6) is 0.958. The lowest BCUT2D eigenvalue weighted by atomic mass is 9.79. The van der Waals surface area contributed by atoms with Gasteiger partial charge in [0.15, 0.2) is 0 Å². The molecule has 1 saturated carbocycles. The predicted molar refractivity (Wildman–Crippen MR) is 73.3 cm³/mol. The van der Waals surface area contributed by atoms with Gasteiger partial charge in [-0.25, -0.2) is 0 Å². The van der Waals surface area contributed by atoms with E-state index in [1.54, 1.807) is 11.8 Å². The van der Waals surface area contributed by atoms with Crippen LogP contribution in [-0.2, 0) is 9.59 Å². The van der Waals surface area contributed by atoms with E-state index in [9.17, 15) is 9.59 Å². The molecule has 0 radical (unpaired) electrons. The van der Waals surface area contributed by atoms with Crippen LogP contribution in [0.4, 0.5) is 0 Å². The van der Waals surface area contributed by atoms with Gasteiger partial charge in [0.05, 0.1) is 0 Å². The van der Waals surface area contributed by atoms with Crippen LogP contribution < -0.4 is 5.73 Å². The van der Waals surface area contributed by atoms with Crippen molar-refractivity contribution in [2.75, 3.05) is 26.2 Å². The van der Waals surface area contributed by atoms with Crippen molar-refractivity contribution in [1.29, 1.82) is 0 Å². The fourth-order valence-corrected chi connectivity index (χ4v) is 3.08. The van der Waals surface area contributed by atoms with E-state index in [4.69, 9.17) is 5.73 Å². The minimum atomic E-state index is 0.0927. The van der Waals surface area contributed by atoms with Crippen LogP contribution >= 0.6 is 0 Å². The Balaban J connectivity index is 1.86. The standard InChI is InChI=1S/C14H25N3O2/c1-10-3-4-12(9-13(10)15)14(19)17-7-5-16(6-8-17)11(2)18/h10,12-13H,3-9,15H2,1-2H3. The molecule has 2 fully saturated rings. The van der Waals surface area contributed by atoms with Crippen molar-refractivity contribution >= 4 is 11.8 Å². The summed E-state index contributed by atoms with van der Waals surface area (Å²) in [4.78, 5) is 27.4. The molecular weight excluding hydrogens is 242 g/mol. The molecule has 1 heterocycles. The largest absolute Gasteiger partial charge is 0.339 e. The maximum absolute atomic E-state index is 12.4. The third kappa shape index (κ3) is 3.26. The molecule has 1 aliphatic heterocycles. The highest BCUT2D eigenvalue weighted by molar-refractivity contribution is 5.79. The first-order valence-corrected chi connectivity index (χ1v) is 7.29. The number of piperazine rings is 1. The molecule has 1 saturated heterocycles. The molecule has 2 amide bonds. The number of amides is 2. The first-order chi connectivity index (χ1) is 8.99. The second-order valence-corrected chi connectivity index (χ2v) is 5.98. The maximum atomic E-state index is 12.4. The quantitative estimate of drug-likeness (QED) is 0.749. The lowest BCUT2D eigenvalue weighted by molar-refractivity contribution is -0.142. The third-order valence-electron chi connectivity index (χ3n) is 4.64. The monoisotopic (exact) mass is 267 g/mol. The Hall–Kier alpha value is -1.10. The smallest absolute Gasteiger partial charge is 0.225 e. The fourth-order valence-electron chi connectivity index (χ4n) is 3.08. The SMILES string of the molecule is CC(=O)N1CCN(C(=O)C2CCC(C)C(N)C2)CC1. The molecule has 3 atom stereocenters. The summed E-state index contributed by atoms with van der Waals surface area (Å²) in [6, 6.07) is 0.154. The number of carbonyl (C=O) groups excluding carboxylic acids is 2. The highest BCUT2D eigenvalue weighted by atomic mass is 16.2. The van der Waals surface area contributed by atoms with Gasteiger partial charge in [-0.05, 0) is 25.2 Å². The van der Waals surface area contributed by atoms with Gasteiger partial charge in [-0.3, -0.25) is 9.59 Å². The zero-order chi connectivity index (χ0) is 14.0. The third-order valence-corrected chi connectivity index (χ3v) is 4.64. The van der Waals surface area contributed by atoms with Crippen LogP contribution in [0.25, 0.3) is 0 Å². The van der Waals surface area contributed by atoms with Crippen LogP contribution in [-0.4, -0.2) is 53.8 Å². The molecule has 0 bridgehead atoms. The van der Waals surface area contributed by atoms with E-state index >= 15 is 0 Å². The predicted octanol–water partition coefficient (Wildman–Crippen LogP) is 0.441. The normalized spacial score (nSPS) is 32.3. The van der Waals surface area contributed by atoms with Gasteiger partial charge in [0.1, 0.15) is 0 Å². The molecule has 19 heavy (non-hydrogen) atoms. The Morgan fingerprint density at radius 1 is 1.05 bits per heavy atom. The fraction of sp³-hybridized carbons (Fsp3) is 0.857. The van der Waals surface area contributed by atoms with Crippen molar-refractivity contribution in [3.05, 3.63) is 0 Å². The Morgan fingerprint density at radius 3 is 2.16 bits per heavy atom. The highest BCUT2D eigenvalue weighted by Crippen LogP contribution is 2.29. The van der Waals surface area contributed by atoms with Crippen LogP contribution in [0.3, 0.4) is 0 Å². The van der Waals surface area contributed by atoms with E-state index in [1.807, 2.05) is 4.90 Å². The molecule has 108 valence electrons. The van der Waals surface area contributed by atoms with Crippen molar-refractivity contribution < 1.29 is 9.59 Å². The van der Waals surface area contributed by atoms with Crippen LogP contribution in [0.2, 0.25) is 0 Å². The molecule has 0 aromatic heterocycles. The number of hydrogen-bond acceptors (Lipinski definition) is 3. The molecule has 5 heteroatoms.